The van der Waals surface area contributed by atoms with Crippen LogP contribution in [-0.4, -0.2) is 30.4 Å². The van der Waals surface area contributed by atoms with Crippen molar-refractivity contribution in [2.75, 3.05) is 19.6 Å². The summed E-state index contributed by atoms with van der Waals surface area (Å²) < 4.78 is 13.0. The van der Waals surface area contributed by atoms with Crippen LogP contribution in [0, 0.1) is 5.82 Å². The number of hydrogen-bond acceptors (Lipinski definition) is 3. The third kappa shape index (κ3) is 3.01. The van der Waals surface area contributed by atoms with Crippen LogP contribution in [0.1, 0.15) is 11.1 Å². The van der Waals surface area contributed by atoms with E-state index in [0.29, 0.717) is 26.2 Å². The first-order valence-corrected chi connectivity index (χ1v) is 5.65. The Bertz CT molecular complexity index is 422. The Morgan fingerprint density at radius 2 is 2.24 bits per heavy atom. The normalized spacial score (nSPS) is 16.9. The van der Waals surface area contributed by atoms with Gasteiger partial charge in [0.15, 0.2) is 0 Å². The second kappa shape index (κ2) is 5.25. The molecule has 1 heterocycles. The highest BCUT2D eigenvalue weighted by Gasteiger charge is 2.17. The van der Waals surface area contributed by atoms with Gasteiger partial charge < -0.3 is 11.1 Å². The van der Waals surface area contributed by atoms with Crippen molar-refractivity contribution in [3.63, 3.8) is 0 Å². The van der Waals surface area contributed by atoms with Crippen molar-refractivity contribution in [2.24, 2.45) is 5.73 Å². The first-order valence-electron chi connectivity index (χ1n) is 5.65. The van der Waals surface area contributed by atoms with Crippen LogP contribution in [0.2, 0.25) is 0 Å². The summed E-state index contributed by atoms with van der Waals surface area (Å²) in [6.07, 6.45) is 0. The summed E-state index contributed by atoms with van der Waals surface area (Å²) in [7, 11) is 0. The van der Waals surface area contributed by atoms with Crippen LogP contribution in [0.5, 0.6) is 0 Å². The molecule has 17 heavy (non-hydrogen) atoms. The second-order valence-electron chi connectivity index (χ2n) is 4.18. The standard InChI is InChI=1S/C12H16FN3O/c13-11-2-1-9(10(5-11)6-14)7-16-4-3-15-12(17)8-16/h1-2,5H,3-4,6-8,14H2,(H,15,17). The average molecular weight is 237 g/mol. The molecular weight excluding hydrogens is 221 g/mol. The summed E-state index contributed by atoms with van der Waals surface area (Å²) in [4.78, 5) is 13.3. The smallest absolute Gasteiger partial charge is 0.234 e. The molecular formula is C12H16FN3O. The Morgan fingerprint density at radius 3 is 2.94 bits per heavy atom. The maximum absolute atomic E-state index is 13.0. The van der Waals surface area contributed by atoms with E-state index < -0.39 is 0 Å². The van der Waals surface area contributed by atoms with Crippen LogP contribution in [-0.2, 0) is 17.9 Å². The van der Waals surface area contributed by atoms with E-state index in [1.54, 1.807) is 6.07 Å². The van der Waals surface area contributed by atoms with E-state index in [1.165, 1.54) is 12.1 Å². The Hall–Kier alpha value is -1.46. The molecule has 2 rings (SSSR count). The lowest BCUT2D eigenvalue weighted by Gasteiger charge is -2.27. The van der Waals surface area contributed by atoms with Crippen LogP contribution in [0.4, 0.5) is 4.39 Å². The fourth-order valence-electron chi connectivity index (χ4n) is 2.01. The summed E-state index contributed by atoms with van der Waals surface area (Å²) in [5, 5.41) is 2.77. The molecule has 1 fully saturated rings. The molecule has 3 N–H and O–H groups in total. The van der Waals surface area contributed by atoms with Gasteiger partial charge in [0.2, 0.25) is 5.91 Å². The van der Waals surface area contributed by atoms with Crippen LogP contribution < -0.4 is 11.1 Å². The van der Waals surface area contributed by atoms with Crippen molar-refractivity contribution in [2.45, 2.75) is 13.1 Å². The largest absolute Gasteiger partial charge is 0.354 e. The Morgan fingerprint density at radius 1 is 1.41 bits per heavy atom. The molecule has 4 nitrogen and oxygen atoms in total. The number of nitrogens with one attached hydrogen (secondary N) is 1. The zero-order valence-corrected chi connectivity index (χ0v) is 9.58. The van der Waals surface area contributed by atoms with Crippen molar-refractivity contribution >= 4 is 5.91 Å². The van der Waals surface area contributed by atoms with Gasteiger partial charge in [0, 0.05) is 26.2 Å². The fourth-order valence-corrected chi connectivity index (χ4v) is 2.01. The zero-order valence-electron chi connectivity index (χ0n) is 9.58. The van der Waals surface area contributed by atoms with Gasteiger partial charge in [-0.05, 0) is 23.3 Å². The number of carbonyl (C=O) groups is 1. The number of hydrogen-bond donors (Lipinski definition) is 2. The predicted octanol–water partition coefficient (Wildman–Crippen LogP) is 0.216. The van der Waals surface area contributed by atoms with Crippen LogP contribution in [0.25, 0.3) is 0 Å². The van der Waals surface area contributed by atoms with Crippen molar-refractivity contribution in [3.05, 3.63) is 35.1 Å². The highest BCUT2D eigenvalue weighted by atomic mass is 19.1. The van der Waals surface area contributed by atoms with Gasteiger partial charge in [0.25, 0.3) is 0 Å². The molecule has 0 atom stereocenters. The Labute approximate surface area is 99.6 Å². The lowest BCUT2D eigenvalue weighted by atomic mass is 10.1. The second-order valence-corrected chi connectivity index (χ2v) is 4.18. The van der Waals surface area contributed by atoms with E-state index in [-0.39, 0.29) is 11.7 Å². The zero-order chi connectivity index (χ0) is 12.3. The summed E-state index contributed by atoms with van der Waals surface area (Å²) >= 11 is 0. The van der Waals surface area contributed by atoms with Crippen LogP contribution >= 0.6 is 0 Å². The number of halogens is 1. The van der Waals surface area contributed by atoms with Gasteiger partial charge in [-0.1, -0.05) is 6.07 Å². The monoisotopic (exact) mass is 237 g/mol. The first kappa shape index (κ1) is 12.0. The van der Waals surface area contributed by atoms with Gasteiger partial charge in [0.1, 0.15) is 5.82 Å². The molecule has 92 valence electrons. The molecule has 0 unspecified atom stereocenters. The first-order chi connectivity index (χ1) is 8.19. The maximum Gasteiger partial charge on any atom is 0.234 e. The minimum atomic E-state index is -0.273. The van der Waals surface area contributed by atoms with Gasteiger partial charge in [-0.15, -0.1) is 0 Å². The Balaban J connectivity index is 2.09. The highest BCUT2D eigenvalue weighted by Crippen LogP contribution is 2.13. The molecule has 5 heteroatoms. The maximum atomic E-state index is 13.0. The van der Waals surface area contributed by atoms with E-state index in [2.05, 4.69) is 5.32 Å². The van der Waals surface area contributed by atoms with Crippen molar-refractivity contribution in [3.8, 4) is 0 Å². The summed E-state index contributed by atoms with van der Waals surface area (Å²) in [5.74, 6) is -0.238. The van der Waals surface area contributed by atoms with Crippen LogP contribution in [0.15, 0.2) is 18.2 Å². The predicted molar refractivity (Wildman–Crippen MR) is 62.6 cm³/mol. The molecule has 1 aliphatic heterocycles. The van der Waals surface area contributed by atoms with Crippen LogP contribution in [0.3, 0.4) is 0 Å². The van der Waals surface area contributed by atoms with Gasteiger partial charge in [-0.2, -0.15) is 0 Å². The fraction of sp³-hybridized carbons (Fsp3) is 0.417. The molecule has 0 bridgehead atoms. The van der Waals surface area contributed by atoms with E-state index in [1.807, 2.05) is 4.90 Å². The molecule has 1 aromatic carbocycles. The van der Waals surface area contributed by atoms with E-state index in [4.69, 9.17) is 5.73 Å². The number of rotatable bonds is 3. The van der Waals surface area contributed by atoms with Crippen molar-refractivity contribution < 1.29 is 9.18 Å². The topological polar surface area (TPSA) is 58.4 Å². The summed E-state index contributed by atoms with van der Waals surface area (Å²) in [6, 6.07) is 4.63. The van der Waals surface area contributed by atoms with Gasteiger partial charge in [0.05, 0.1) is 6.54 Å². The molecule has 0 saturated carbocycles. The molecule has 1 saturated heterocycles. The van der Waals surface area contributed by atoms with E-state index in [0.717, 1.165) is 17.7 Å². The molecule has 0 radical (unpaired) electrons. The summed E-state index contributed by atoms with van der Waals surface area (Å²) in [5.41, 5.74) is 7.38. The molecule has 0 spiro atoms. The quantitative estimate of drug-likeness (QED) is 0.790. The van der Waals surface area contributed by atoms with Crippen molar-refractivity contribution in [1.82, 2.24) is 10.2 Å². The molecule has 1 aromatic rings. The van der Waals surface area contributed by atoms with Gasteiger partial charge >= 0.3 is 0 Å². The minimum Gasteiger partial charge on any atom is -0.354 e. The third-order valence-corrected chi connectivity index (χ3v) is 2.90. The average Bonchev–Trinajstić information content (AvgIpc) is 2.31. The lowest BCUT2D eigenvalue weighted by molar-refractivity contribution is -0.124. The van der Waals surface area contributed by atoms with E-state index in [9.17, 15) is 9.18 Å². The molecule has 0 aromatic heterocycles. The van der Waals surface area contributed by atoms with Gasteiger partial charge in [-0.3, -0.25) is 9.69 Å². The lowest BCUT2D eigenvalue weighted by Crippen LogP contribution is -2.47. The summed E-state index contributed by atoms with van der Waals surface area (Å²) in [6.45, 7) is 2.82. The third-order valence-electron chi connectivity index (χ3n) is 2.90. The van der Waals surface area contributed by atoms with Crippen molar-refractivity contribution in [1.29, 1.82) is 0 Å². The molecule has 1 aliphatic rings. The molecule has 1 amide bonds. The highest BCUT2D eigenvalue weighted by molar-refractivity contribution is 5.78. The number of carbonyl (C=O) groups excluding carboxylic acids is 1. The SMILES string of the molecule is NCc1cc(F)ccc1CN1CCNC(=O)C1. The molecule has 0 aliphatic carbocycles. The van der Waals surface area contributed by atoms with E-state index >= 15 is 0 Å². The number of amides is 1. The minimum absolute atomic E-state index is 0.0349. The number of piperazine rings is 1. The number of nitrogens with zero attached hydrogens (tertiary/aromatic N) is 1. The number of nitrogens with two attached hydrogens (primary N) is 1. The van der Waals surface area contributed by atoms with Gasteiger partial charge in [-0.25, -0.2) is 4.39 Å². The number of benzene rings is 1. The Kier molecular flexibility index (Phi) is 3.71.